The van der Waals surface area contributed by atoms with Crippen LogP contribution in [-0.4, -0.2) is 24.5 Å². The molecule has 2 heteroatoms. The fourth-order valence-electron chi connectivity index (χ4n) is 3.32. The fourth-order valence-corrected chi connectivity index (χ4v) is 3.32. The zero-order valence-corrected chi connectivity index (χ0v) is 13.5. The molecule has 0 spiro atoms. The van der Waals surface area contributed by atoms with Crippen molar-refractivity contribution in [2.24, 2.45) is 17.6 Å². The summed E-state index contributed by atoms with van der Waals surface area (Å²) in [6, 6.07) is 6.85. The lowest BCUT2D eigenvalue weighted by molar-refractivity contribution is 0.292. The average Bonchev–Trinajstić information content (AvgIpc) is 2.83. The fraction of sp³-hybridized carbons (Fsp3) is 0.667. The van der Waals surface area contributed by atoms with Crippen LogP contribution in [0.25, 0.3) is 0 Å². The van der Waals surface area contributed by atoms with Gasteiger partial charge in [0.15, 0.2) is 0 Å². The number of hydrogen-bond donors (Lipinski definition) is 1. The Morgan fingerprint density at radius 2 is 1.85 bits per heavy atom. The third-order valence-electron chi connectivity index (χ3n) is 4.68. The molecular formula is C18H30N2. The van der Waals surface area contributed by atoms with E-state index in [9.17, 15) is 0 Å². The van der Waals surface area contributed by atoms with Crippen molar-refractivity contribution in [3.05, 3.63) is 34.9 Å². The number of aryl methyl sites for hydroxylation is 2. The molecule has 0 radical (unpaired) electrons. The van der Waals surface area contributed by atoms with Crippen LogP contribution in [0.3, 0.4) is 0 Å². The average molecular weight is 274 g/mol. The Hall–Kier alpha value is -0.860. The predicted molar refractivity (Wildman–Crippen MR) is 86.8 cm³/mol. The Labute approximate surface area is 124 Å². The van der Waals surface area contributed by atoms with E-state index < -0.39 is 0 Å². The number of nitrogens with zero attached hydrogens (tertiary/aromatic N) is 1. The van der Waals surface area contributed by atoms with Crippen molar-refractivity contribution in [3.63, 3.8) is 0 Å². The first kappa shape index (κ1) is 15.5. The van der Waals surface area contributed by atoms with Crippen molar-refractivity contribution >= 4 is 0 Å². The molecule has 2 unspecified atom stereocenters. The lowest BCUT2D eigenvalue weighted by Crippen LogP contribution is -2.26. The summed E-state index contributed by atoms with van der Waals surface area (Å²) in [4.78, 5) is 2.59. The third kappa shape index (κ3) is 4.07. The molecule has 1 aliphatic rings. The smallest absolute Gasteiger partial charge is 0.0307 e. The minimum Gasteiger partial charge on any atom is -0.324 e. The first-order valence-corrected chi connectivity index (χ1v) is 8.02. The van der Waals surface area contributed by atoms with Gasteiger partial charge in [0.1, 0.15) is 0 Å². The molecule has 1 fully saturated rings. The van der Waals surface area contributed by atoms with Crippen LogP contribution in [0.2, 0.25) is 0 Å². The Bertz CT molecular complexity index is 419. The molecule has 2 atom stereocenters. The summed E-state index contributed by atoms with van der Waals surface area (Å²) in [5.74, 6) is 1.69. The molecule has 1 aromatic carbocycles. The number of benzene rings is 1. The number of rotatable bonds is 5. The summed E-state index contributed by atoms with van der Waals surface area (Å²) in [5, 5.41) is 0. The molecule has 20 heavy (non-hydrogen) atoms. The first-order chi connectivity index (χ1) is 9.45. The SMILES string of the molecule is Cc1cc(C)cc(C(N)CCN2CCC(C(C)C)C2)c1. The van der Waals surface area contributed by atoms with Crippen LogP contribution < -0.4 is 5.73 Å². The van der Waals surface area contributed by atoms with Crippen molar-refractivity contribution in [2.75, 3.05) is 19.6 Å². The Kier molecular flexibility index (Phi) is 5.22. The molecular weight excluding hydrogens is 244 g/mol. The van der Waals surface area contributed by atoms with Crippen LogP contribution in [0, 0.1) is 25.7 Å². The topological polar surface area (TPSA) is 29.3 Å². The van der Waals surface area contributed by atoms with E-state index in [1.54, 1.807) is 0 Å². The summed E-state index contributed by atoms with van der Waals surface area (Å²) in [6.45, 7) is 12.6. The highest BCUT2D eigenvalue weighted by Crippen LogP contribution is 2.25. The van der Waals surface area contributed by atoms with Crippen molar-refractivity contribution < 1.29 is 0 Å². The summed E-state index contributed by atoms with van der Waals surface area (Å²) in [7, 11) is 0. The summed E-state index contributed by atoms with van der Waals surface area (Å²) in [5.41, 5.74) is 10.3. The van der Waals surface area contributed by atoms with Crippen LogP contribution in [0.15, 0.2) is 18.2 Å². The second-order valence-electron chi connectivity index (χ2n) is 6.91. The molecule has 0 bridgehead atoms. The molecule has 1 aromatic rings. The molecule has 2 nitrogen and oxygen atoms in total. The third-order valence-corrected chi connectivity index (χ3v) is 4.68. The van der Waals surface area contributed by atoms with E-state index in [2.05, 4.69) is 50.8 Å². The van der Waals surface area contributed by atoms with Crippen molar-refractivity contribution in [3.8, 4) is 0 Å². The van der Waals surface area contributed by atoms with Gasteiger partial charge in [0.2, 0.25) is 0 Å². The van der Waals surface area contributed by atoms with E-state index >= 15 is 0 Å². The Morgan fingerprint density at radius 1 is 1.20 bits per heavy atom. The van der Waals surface area contributed by atoms with E-state index in [0.29, 0.717) is 0 Å². The van der Waals surface area contributed by atoms with Gasteiger partial charge in [-0.3, -0.25) is 0 Å². The largest absolute Gasteiger partial charge is 0.324 e. The number of likely N-dealkylation sites (tertiary alicyclic amines) is 1. The second-order valence-corrected chi connectivity index (χ2v) is 6.91. The maximum atomic E-state index is 6.38. The highest BCUT2D eigenvalue weighted by atomic mass is 15.1. The predicted octanol–water partition coefficient (Wildman–Crippen LogP) is 3.67. The molecule has 1 saturated heterocycles. The van der Waals surface area contributed by atoms with E-state index in [0.717, 1.165) is 24.8 Å². The van der Waals surface area contributed by atoms with Crippen LogP contribution in [-0.2, 0) is 0 Å². The summed E-state index contributed by atoms with van der Waals surface area (Å²) >= 11 is 0. The van der Waals surface area contributed by atoms with E-state index in [1.807, 2.05) is 0 Å². The molecule has 2 rings (SSSR count). The van der Waals surface area contributed by atoms with Crippen molar-refractivity contribution in [1.29, 1.82) is 0 Å². The lowest BCUT2D eigenvalue weighted by atomic mass is 9.95. The minimum atomic E-state index is 0.173. The number of nitrogens with two attached hydrogens (primary N) is 1. The van der Waals surface area contributed by atoms with Gasteiger partial charge in [-0.25, -0.2) is 0 Å². The van der Waals surface area contributed by atoms with Crippen molar-refractivity contribution in [1.82, 2.24) is 4.90 Å². The van der Waals surface area contributed by atoms with Gasteiger partial charge in [-0.1, -0.05) is 43.2 Å². The van der Waals surface area contributed by atoms with Gasteiger partial charge in [0, 0.05) is 12.6 Å². The highest BCUT2D eigenvalue weighted by molar-refractivity contribution is 5.30. The van der Waals surface area contributed by atoms with E-state index in [1.165, 1.54) is 36.2 Å². The first-order valence-electron chi connectivity index (χ1n) is 8.02. The monoisotopic (exact) mass is 274 g/mol. The van der Waals surface area contributed by atoms with Gasteiger partial charge in [-0.05, 0) is 57.2 Å². The van der Waals surface area contributed by atoms with Crippen LogP contribution >= 0.6 is 0 Å². The van der Waals surface area contributed by atoms with Gasteiger partial charge in [-0.15, -0.1) is 0 Å². The maximum absolute atomic E-state index is 6.38. The summed E-state index contributed by atoms with van der Waals surface area (Å²) < 4.78 is 0. The Morgan fingerprint density at radius 3 is 2.40 bits per heavy atom. The standard InChI is InChI=1S/C18H30N2/c1-13(2)16-5-7-20(12-16)8-6-18(19)17-10-14(3)9-15(4)11-17/h9-11,13,16,18H,5-8,12,19H2,1-4H3. The maximum Gasteiger partial charge on any atom is 0.0307 e. The zero-order chi connectivity index (χ0) is 14.7. The van der Waals surface area contributed by atoms with Crippen LogP contribution in [0.5, 0.6) is 0 Å². The molecule has 1 aliphatic heterocycles. The molecule has 2 N–H and O–H groups in total. The minimum absolute atomic E-state index is 0.173. The van der Waals surface area contributed by atoms with E-state index in [-0.39, 0.29) is 6.04 Å². The zero-order valence-electron chi connectivity index (χ0n) is 13.5. The molecule has 0 aromatic heterocycles. The normalized spacial score (nSPS) is 21.6. The Balaban J connectivity index is 1.85. The van der Waals surface area contributed by atoms with Crippen LogP contribution in [0.1, 0.15) is 49.4 Å². The van der Waals surface area contributed by atoms with Gasteiger partial charge in [0.05, 0.1) is 0 Å². The highest BCUT2D eigenvalue weighted by Gasteiger charge is 2.24. The van der Waals surface area contributed by atoms with Gasteiger partial charge < -0.3 is 10.6 Å². The molecule has 0 amide bonds. The van der Waals surface area contributed by atoms with Gasteiger partial charge in [0.25, 0.3) is 0 Å². The van der Waals surface area contributed by atoms with Crippen molar-refractivity contribution in [2.45, 2.75) is 46.6 Å². The molecule has 0 aliphatic carbocycles. The van der Waals surface area contributed by atoms with Gasteiger partial charge >= 0.3 is 0 Å². The van der Waals surface area contributed by atoms with Crippen LogP contribution in [0.4, 0.5) is 0 Å². The lowest BCUT2D eigenvalue weighted by Gasteiger charge is -2.20. The molecule has 0 saturated carbocycles. The quantitative estimate of drug-likeness (QED) is 0.887. The molecule has 1 heterocycles. The molecule has 112 valence electrons. The number of hydrogen-bond acceptors (Lipinski definition) is 2. The second kappa shape index (κ2) is 6.73. The van der Waals surface area contributed by atoms with Gasteiger partial charge in [-0.2, -0.15) is 0 Å². The summed E-state index contributed by atoms with van der Waals surface area (Å²) in [6.07, 6.45) is 2.42. The van der Waals surface area contributed by atoms with E-state index in [4.69, 9.17) is 5.73 Å².